The zero-order valence-corrected chi connectivity index (χ0v) is 17.7. The van der Waals surface area contributed by atoms with Gasteiger partial charge in [0, 0.05) is 6.04 Å². The number of nitrogens with one attached hydrogen (secondary N) is 2. The van der Waals surface area contributed by atoms with Gasteiger partial charge in [-0.15, -0.1) is 0 Å². The van der Waals surface area contributed by atoms with Crippen molar-refractivity contribution in [3.05, 3.63) is 59.1 Å². The minimum absolute atomic E-state index is 0.0345. The maximum atomic E-state index is 12.9. The third kappa shape index (κ3) is 5.95. The van der Waals surface area contributed by atoms with Crippen LogP contribution in [-0.4, -0.2) is 33.5 Å². The molecule has 0 fully saturated rings. The number of hydrogen-bond donors (Lipinski definition) is 2. The fraction of sp³-hybridized carbons (Fsp3) is 0.350. The van der Waals surface area contributed by atoms with E-state index in [0.29, 0.717) is 5.75 Å². The average molecular weight is 425 g/mol. The van der Waals surface area contributed by atoms with Crippen LogP contribution < -0.4 is 14.8 Å². The second kappa shape index (κ2) is 9.91. The smallest absolute Gasteiger partial charge is 0.241 e. The van der Waals surface area contributed by atoms with E-state index in [4.69, 9.17) is 16.3 Å². The molecule has 0 spiro atoms. The van der Waals surface area contributed by atoms with Crippen LogP contribution in [0.5, 0.6) is 5.75 Å². The Bertz CT molecular complexity index is 904. The van der Waals surface area contributed by atoms with E-state index in [1.54, 1.807) is 0 Å². The lowest BCUT2D eigenvalue weighted by Crippen LogP contribution is -2.50. The minimum Gasteiger partial charge on any atom is -0.495 e. The summed E-state index contributed by atoms with van der Waals surface area (Å²) in [4.78, 5) is 12.7. The summed E-state index contributed by atoms with van der Waals surface area (Å²) in [6.45, 7) is 3.82. The van der Waals surface area contributed by atoms with E-state index in [2.05, 4.69) is 10.0 Å². The normalized spacial score (nSPS) is 13.6. The van der Waals surface area contributed by atoms with E-state index in [1.165, 1.54) is 25.3 Å². The predicted octanol–water partition coefficient (Wildman–Crippen LogP) is 3.15. The average Bonchev–Trinajstić information content (AvgIpc) is 2.67. The molecule has 2 rings (SSSR count). The first kappa shape index (κ1) is 22.2. The molecular weight excluding hydrogens is 400 g/mol. The first-order chi connectivity index (χ1) is 13.3. The summed E-state index contributed by atoms with van der Waals surface area (Å²) in [6, 6.07) is 12.4. The van der Waals surface area contributed by atoms with E-state index in [-0.39, 0.29) is 28.3 Å². The fourth-order valence-electron chi connectivity index (χ4n) is 2.55. The van der Waals surface area contributed by atoms with Gasteiger partial charge in [0.25, 0.3) is 0 Å². The summed E-state index contributed by atoms with van der Waals surface area (Å²) in [5.41, 5.74) is 0.849. The van der Waals surface area contributed by atoms with Crippen LogP contribution in [0, 0.1) is 0 Å². The number of ether oxygens (including phenoxy) is 1. The number of carbonyl (C=O) groups excluding carboxylic acids is 1. The molecule has 2 atom stereocenters. The van der Waals surface area contributed by atoms with Gasteiger partial charge in [-0.25, -0.2) is 8.42 Å². The number of benzene rings is 2. The molecule has 0 radical (unpaired) electrons. The van der Waals surface area contributed by atoms with Crippen molar-refractivity contribution >= 4 is 27.5 Å². The van der Waals surface area contributed by atoms with Crippen molar-refractivity contribution in [1.29, 1.82) is 0 Å². The summed E-state index contributed by atoms with van der Waals surface area (Å²) in [5, 5.41) is 3.02. The van der Waals surface area contributed by atoms with Crippen LogP contribution in [0.4, 0.5) is 0 Å². The molecule has 0 saturated carbocycles. The molecule has 2 N–H and O–H groups in total. The quantitative estimate of drug-likeness (QED) is 0.647. The van der Waals surface area contributed by atoms with E-state index >= 15 is 0 Å². The lowest BCUT2D eigenvalue weighted by Gasteiger charge is -2.21. The molecule has 0 heterocycles. The van der Waals surface area contributed by atoms with E-state index in [9.17, 15) is 13.2 Å². The Kier molecular flexibility index (Phi) is 7.86. The first-order valence-electron chi connectivity index (χ1n) is 8.97. The second-order valence-corrected chi connectivity index (χ2v) is 8.60. The van der Waals surface area contributed by atoms with Crippen molar-refractivity contribution in [2.45, 2.75) is 43.7 Å². The number of halogens is 1. The first-order valence-corrected chi connectivity index (χ1v) is 10.8. The third-order valence-electron chi connectivity index (χ3n) is 4.33. The van der Waals surface area contributed by atoms with Gasteiger partial charge in [-0.1, -0.05) is 48.9 Å². The highest BCUT2D eigenvalue weighted by Crippen LogP contribution is 2.27. The molecule has 0 aromatic heterocycles. The van der Waals surface area contributed by atoms with Crippen LogP contribution >= 0.6 is 11.6 Å². The van der Waals surface area contributed by atoms with Gasteiger partial charge in [0.2, 0.25) is 15.9 Å². The van der Waals surface area contributed by atoms with Gasteiger partial charge < -0.3 is 10.1 Å². The Morgan fingerprint density at radius 2 is 1.86 bits per heavy atom. The zero-order valence-electron chi connectivity index (χ0n) is 16.1. The fourth-order valence-corrected chi connectivity index (χ4v) is 4.10. The molecule has 1 amide bonds. The van der Waals surface area contributed by atoms with Gasteiger partial charge in [-0.3, -0.25) is 4.79 Å². The Balaban J connectivity index is 2.29. The van der Waals surface area contributed by atoms with Gasteiger partial charge in [0.15, 0.2) is 0 Å². The van der Waals surface area contributed by atoms with Crippen molar-refractivity contribution < 1.29 is 17.9 Å². The van der Waals surface area contributed by atoms with Gasteiger partial charge in [-0.2, -0.15) is 4.72 Å². The Morgan fingerprint density at radius 1 is 1.18 bits per heavy atom. The number of carbonyl (C=O) groups is 1. The molecule has 0 bridgehead atoms. The highest BCUT2D eigenvalue weighted by molar-refractivity contribution is 7.89. The standard InChI is InChI=1S/C20H25ClN2O4S/c1-4-14(2)22-20(24)18(12-15-8-6-5-7-9-15)23-28(25,26)16-10-11-19(27-3)17(21)13-16/h5-11,13-14,18,23H,4,12H2,1-3H3,(H,22,24). The highest BCUT2D eigenvalue weighted by Gasteiger charge is 2.27. The molecule has 0 saturated heterocycles. The van der Waals surface area contributed by atoms with Crippen molar-refractivity contribution in [2.24, 2.45) is 0 Å². The Labute approximate surface area is 171 Å². The van der Waals surface area contributed by atoms with Crippen LogP contribution in [-0.2, 0) is 21.2 Å². The van der Waals surface area contributed by atoms with Gasteiger partial charge in [0.1, 0.15) is 11.8 Å². The molecule has 0 aliphatic heterocycles. The van der Waals surface area contributed by atoms with E-state index in [0.717, 1.165) is 12.0 Å². The van der Waals surface area contributed by atoms with Crippen molar-refractivity contribution in [1.82, 2.24) is 10.0 Å². The number of methoxy groups -OCH3 is 1. The maximum absolute atomic E-state index is 12.9. The highest BCUT2D eigenvalue weighted by atomic mass is 35.5. The van der Waals surface area contributed by atoms with Crippen LogP contribution in [0.15, 0.2) is 53.4 Å². The summed E-state index contributed by atoms with van der Waals surface area (Å²) in [7, 11) is -2.52. The number of hydrogen-bond acceptors (Lipinski definition) is 4. The van der Waals surface area contributed by atoms with Crippen LogP contribution in [0.2, 0.25) is 5.02 Å². The molecule has 2 aromatic rings. The van der Waals surface area contributed by atoms with Crippen LogP contribution in [0.3, 0.4) is 0 Å². The lowest BCUT2D eigenvalue weighted by molar-refractivity contribution is -0.123. The summed E-state index contributed by atoms with van der Waals surface area (Å²) in [6.07, 6.45) is 0.969. The molecule has 28 heavy (non-hydrogen) atoms. The van der Waals surface area contributed by atoms with Crippen LogP contribution in [0.25, 0.3) is 0 Å². The molecular formula is C20H25ClN2O4S. The minimum atomic E-state index is -3.97. The summed E-state index contributed by atoms with van der Waals surface area (Å²) < 4.78 is 33.3. The molecule has 2 unspecified atom stereocenters. The SMILES string of the molecule is CCC(C)NC(=O)C(Cc1ccccc1)NS(=O)(=O)c1ccc(OC)c(Cl)c1. The Hall–Kier alpha value is -2.09. The summed E-state index contributed by atoms with van der Waals surface area (Å²) in [5.74, 6) is -0.00245. The number of rotatable bonds is 9. The molecule has 0 aliphatic carbocycles. The van der Waals surface area contributed by atoms with Crippen LogP contribution in [0.1, 0.15) is 25.8 Å². The third-order valence-corrected chi connectivity index (χ3v) is 6.10. The largest absolute Gasteiger partial charge is 0.495 e. The summed E-state index contributed by atoms with van der Waals surface area (Å²) >= 11 is 6.06. The molecule has 6 nitrogen and oxygen atoms in total. The van der Waals surface area contributed by atoms with E-state index in [1.807, 2.05) is 44.2 Å². The maximum Gasteiger partial charge on any atom is 0.241 e. The van der Waals surface area contributed by atoms with E-state index < -0.39 is 16.1 Å². The van der Waals surface area contributed by atoms with Crippen molar-refractivity contribution in [2.75, 3.05) is 7.11 Å². The van der Waals surface area contributed by atoms with Gasteiger partial charge in [0.05, 0.1) is 17.0 Å². The predicted molar refractivity (Wildman–Crippen MR) is 110 cm³/mol. The molecule has 8 heteroatoms. The Morgan fingerprint density at radius 3 is 2.43 bits per heavy atom. The molecule has 2 aromatic carbocycles. The molecule has 0 aliphatic rings. The van der Waals surface area contributed by atoms with Crippen molar-refractivity contribution in [3.63, 3.8) is 0 Å². The second-order valence-electron chi connectivity index (χ2n) is 6.48. The topological polar surface area (TPSA) is 84.5 Å². The number of amides is 1. The monoisotopic (exact) mass is 424 g/mol. The zero-order chi connectivity index (χ0) is 20.7. The van der Waals surface area contributed by atoms with Gasteiger partial charge >= 0.3 is 0 Å². The lowest BCUT2D eigenvalue weighted by atomic mass is 10.1. The molecule has 152 valence electrons. The van der Waals surface area contributed by atoms with Crippen molar-refractivity contribution in [3.8, 4) is 5.75 Å². The van der Waals surface area contributed by atoms with Gasteiger partial charge in [-0.05, 0) is 43.5 Å². The number of sulfonamides is 1.